The number of carbonyl (C=O) groups is 1. The molecule has 9 heteroatoms. The Hall–Kier alpha value is -1.02. The third-order valence-electron chi connectivity index (χ3n) is 7.24. The highest BCUT2D eigenvalue weighted by Gasteiger charge is 2.27. The summed E-state index contributed by atoms with van der Waals surface area (Å²) < 4.78 is 22.9. The van der Waals surface area contributed by atoms with E-state index in [0.717, 1.165) is 19.3 Å². The number of carbonyl (C=O) groups excluding carboxylic acids is 1. The summed E-state index contributed by atoms with van der Waals surface area (Å²) in [6.45, 7) is 4.22. The number of likely N-dealkylation sites (N-methyl/N-ethyl adjacent to an activating group) is 1. The second kappa shape index (κ2) is 26.4. The maximum atomic E-state index is 12.2. The van der Waals surface area contributed by atoms with Crippen LogP contribution in [0.3, 0.4) is 0 Å². The first-order valence-electron chi connectivity index (χ1n) is 16.7. The van der Waals surface area contributed by atoms with Crippen LogP contribution in [0.25, 0.3) is 0 Å². The molecule has 0 aliphatic rings. The minimum absolute atomic E-state index is 0.0542. The smallest absolute Gasteiger partial charge is 0.387 e. The molecule has 0 aromatic carbocycles. The largest absolute Gasteiger partial charge is 0.472 e. The van der Waals surface area contributed by atoms with Gasteiger partial charge in [-0.15, -0.1) is 0 Å². The lowest BCUT2D eigenvalue weighted by Crippen LogP contribution is -2.45. The lowest BCUT2D eigenvalue weighted by atomic mass is 10.0. The molecule has 3 atom stereocenters. The second-order valence-corrected chi connectivity index (χ2v) is 13.9. The summed E-state index contributed by atoms with van der Waals surface area (Å²) in [4.78, 5) is 21.9. The van der Waals surface area contributed by atoms with E-state index < -0.39 is 20.0 Å². The Labute approximate surface area is 258 Å². The van der Waals surface area contributed by atoms with Gasteiger partial charge in [0.05, 0.1) is 39.9 Å². The predicted molar refractivity (Wildman–Crippen MR) is 175 cm³/mol. The quantitative estimate of drug-likeness (QED) is 0.0342. The van der Waals surface area contributed by atoms with Crippen LogP contribution in [0.2, 0.25) is 0 Å². The van der Waals surface area contributed by atoms with E-state index in [2.05, 4.69) is 24.4 Å². The molecule has 0 saturated heterocycles. The fourth-order valence-electron chi connectivity index (χ4n) is 4.43. The SMILES string of the molecule is CCCCCCCCCCCCCCCC/C=C/CC/C=C/C(O)C(COP(=O)(O)OCC[N+](C)(C)C)NC(=O)CC. The van der Waals surface area contributed by atoms with Gasteiger partial charge in [0.1, 0.15) is 13.2 Å². The minimum Gasteiger partial charge on any atom is -0.387 e. The van der Waals surface area contributed by atoms with E-state index in [4.69, 9.17) is 9.05 Å². The van der Waals surface area contributed by atoms with Crippen LogP contribution >= 0.6 is 7.82 Å². The third-order valence-corrected chi connectivity index (χ3v) is 8.22. The van der Waals surface area contributed by atoms with Crippen molar-refractivity contribution in [3.63, 3.8) is 0 Å². The third kappa shape index (κ3) is 27.8. The molecule has 0 aliphatic carbocycles. The summed E-state index contributed by atoms with van der Waals surface area (Å²) in [7, 11) is 1.54. The molecular weight excluding hydrogens is 551 g/mol. The molecule has 0 aromatic heterocycles. The van der Waals surface area contributed by atoms with Gasteiger partial charge < -0.3 is 19.8 Å². The Kier molecular flexibility index (Phi) is 25.7. The lowest BCUT2D eigenvalue weighted by molar-refractivity contribution is -0.870. The van der Waals surface area contributed by atoms with E-state index in [1.54, 1.807) is 13.0 Å². The number of aliphatic hydroxyl groups excluding tert-OH is 1. The Morgan fingerprint density at radius 1 is 0.786 bits per heavy atom. The minimum atomic E-state index is -4.30. The highest BCUT2D eigenvalue weighted by molar-refractivity contribution is 7.47. The molecule has 0 saturated carbocycles. The standard InChI is InChI=1S/C33H65N2O6P/c1-6-8-9-10-11-12-13-14-15-16-17-18-19-20-21-22-23-24-25-26-27-32(36)31(34-33(37)7-2)30-41-42(38,39)40-29-28-35(3,4)5/h22-23,26-27,31-32,36H,6-21,24-25,28-30H2,1-5H3,(H-,34,37,38,39)/p+1/b23-22+,27-26+. The van der Waals surface area contributed by atoms with Crippen molar-refractivity contribution in [2.24, 2.45) is 0 Å². The molecule has 42 heavy (non-hydrogen) atoms. The lowest BCUT2D eigenvalue weighted by Gasteiger charge is -2.25. The normalized spacial score (nSPS) is 15.3. The van der Waals surface area contributed by atoms with Crippen molar-refractivity contribution in [2.75, 3.05) is 40.9 Å². The van der Waals surface area contributed by atoms with Crippen LogP contribution < -0.4 is 5.32 Å². The van der Waals surface area contributed by atoms with E-state index >= 15 is 0 Å². The Morgan fingerprint density at radius 3 is 1.81 bits per heavy atom. The van der Waals surface area contributed by atoms with Crippen molar-refractivity contribution in [1.29, 1.82) is 0 Å². The molecule has 0 spiro atoms. The van der Waals surface area contributed by atoms with Gasteiger partial charge >= 0.3 is 7.82 Å². The monoisotopic (exact) mass is 617 g/mol. The average Bonchev–Trinajstić information content (AvgIpc) is 2.93. The summed E-state index contributed by atoms with van der Waals surface area (Å²) in [6, 6.07) is -0.855. The van der Waals surface area contributed by atoms with Gasteiger partial charge in [-0.25, -0.2) is 4.57 Å². The van der Waals surface area contributed by atoms with E-state index in [1.165, 1.54) is 89.9 Å². The van der Waals surface area contributed by atoms with Crippen molar-refractivity contribution in [2.45, 2.75) is 142 Å². The molecule has 1 amide bonds. The molecule has 0 aromatic rings. The number of rotatable bonds is 29. The molecule has 0 radical (unpaired) electrons. The number of hydrogen-bond donors (Lipinski definition) is 3. The molecule has 0 fully saturated rings. The molecular formula is C33H66N2O6P+. The van der Waals surface area contributed by atoms with Crippen LogP contribution in [-0.4, -0.2) is 73.4 Å². The second-order valence-electron chi connectivity index (χ2n) is 12.5. The van der Waals surface area contributed by atoms with Crippen LogP contribution in [0.15, 0.2) is 24.3 Å². The molecule has 0 aliphatic heterocycles. The zero-order valence-electron chi connectivity index (χ0n) is 27.7. The molecule has 0 rings (SSSR count). The van der Waals surface area contributed by atoms with Crippen molar-refractivity contribution in [3.8, 4) is 0 Å². The van der Waals surface area contributed by atoms with Gasteiger partial charge in [-0.1, -0.05) is 122 Å². The number of aliphatic hydroxyl groups is 1. The Bertz CT molecular complexity index is 753. The first-order chi connectivity index (χ1) is 20.0. The average molecular weight is 618 g/mol. The first-order valence-corrected chi connectivity index (χ1v) is 18.2. The summed E-state index contributed by atoms with van der Waals surface area (Å²) in [5, 5.41) is 13.2. The molecule has 248 valence electrons. The summed E-state index contributed by atoms with van der Waals surface area (Å²) in [5.41, 5.74) is 0. The first kappa shape index (κ1) is 41.0. The number of phosphoric ester groups is 1. The van der Waals surface area contributed by atoms with Crippen molar-refractivity contribution in [1.82, 2.24) is 5.32 Å². The number of phosphoric acid groups is 1. The van der Waals surface area contributed by atoms with E-state index in [9.17, 15) is 19.4 Å². The number of nitrogens with one attached hydrogen (secondary N) is 1. The van der Waals surface area contributed by atoms with Crippen LogP contribution in [0.4, 0.5) is 0 Å². The van der Waals surface area contributed by atoms with Crippen LogP contribution in [0, 0.1) is 0 Å². The van der Waals surface area contributed by atoms with Gasteiger partial charge in [0, 0.05) is 6.42 Å². The highest BCUT2D eigenvalue weighted by Crippen LogP contribution is 2.43. The number of nitrogens with zero attached hydrogens (tertiary/aromatic N) is 1. The Balaban J connectivity index is 4.05. The number of hydrogen-bond acceptors (Lipinski definition) is 5. The summed E-state index contributed by atoms with van der Waals surface area (Å²) in [5.74, 6) is -0.277. The molecule has 8 nitrogen and oxygen atoms in total. The van der Waals surface area contributed by atoms with Gasteiger partial charge in [0.25, 0.3) is 0 Å². The fraction of sp³-hybridized carbons (Fsp3) is 0.848. The van der Waals surface area contributed by atoms with Gasteiger partial charge in [0.2, 0.25) is 5.91 Å². The van der Waals surface area contributed by atoms with Crippen LogP contribution in [0.5, 0.6) is 0 Å². The summed E-state index contributed by atoms with van der Waals surface area (Å²) in [6.07, 6.45) is 29.0. The summed E-state index contributed by atoms with van der Waals surface area (Å²) >= 11 is 0. The molecule has 0 bridgehead atoms. The predicted octanol–water partition coefficient (Wildman–Crippen LogP) is 7.85. The zero-order chi connectivity index (χ0) is 31.5. The molecule has 0 heterocycles. The van der Waals surface area contributed by atoms with E-state index in [1.807, 2.05) is 27.2 Å². The van der Waals surface area contributed by atoms with Gasteiger partial charge in [-0.3, -0.25) is 13.8 Å². The van der Waals surface area contributed by atoms with Crippen molar-refractivity contribution >= 4 is 13.7 Å². The van der Waals surface area contributed by atoms with Gasteiger partial charge in [0.15, 0.2) is 0 Å². The number of amides is 1. The number of allylic oxidation sites excluding steroid dienone is 3. The maximum absolute atomic E-state index is 12.2. The van der Waals surface area contributed by atoms with Gasteiger partial charge in [-0.2, -0.15) is 0 Å². The van der Waals surface area contributed by atoms with E-state index in [0.29, 0.717) is 11.0 Å². The fourth-order valence-corrected chi connectivity index (χ4v) is 5.17. The topological polar surface area (TPSA) is 105 Å². The highest BCUT2D eigenvalue weighted by atomic mass is 31.2. The van der Waals surface area contributed by atoms with Crippen LogP contribution in [-0.2, 0) is 18.4 Å². The van der Waals surface area contributed by atoms with Crippen molar-refractivity contribution < 1.29 is 32.9 Å². The van der Waals surface area contributed by atoms with Gasteiger partial charge in [-0.05, 0) is 25.7 Å². The number of unbranched alkanes of at least 4 members (excludes halogenated alkanes) is 15. The molecule has 3 unspecified atom stereocenters. The van der Waals surface area contributed by atoms with Crippen molar-refractivity contribution in [3.05, 3.63) is 24.3 Å². The number of quaternary nitrogens is 1. The maximum Gasteiger partial charge on any atom is 0.472 e. The van der Waals surface area contributed by atoms with E-state index in [-0.39, 0.29) is 25.5 Å². The zero-order valence-corrected chi connectivity index (χ0v) is 28.6. The Morgan fingerprint density at radius 2 is 1.29 bits per heavy atom. The van der Waals surface area contributed by atoms with Crippen LogP contribution in [0.1, 0.15) is 129 Å². The molecule has 3 N–H and O–H groups in total.